The SMILES string of the molecule is CNC(=O)c1cc(N(CCc2ccc(C(F)(F)F)cn2)C(=O)C(=O)c2ccc(F)cc2)ccc1Cl. The Balaban J connectivity index is 1.94. The number of pyridine rings is 1. The van der Waals surface area contributed by atoms with Gasteiger partial charge in [0.2, 0.25) is 0 Å². The molecule has 1 aromatic heterocycles. The summed E-state index contributed by atoms with van der Waals surface area (Å²) in [5, 5.41) is 2.52. The van der Waals surface area contributed by atoms with Crippen molar-refractivity contribution in [3.63, 3.8) is 0 Å². The molecule has 0 aliphatic heterocycles. The molecule has 0 saturated carbocycles. The number of carbonyl (C=O) groups excluding carboxylic acids is 3. The molecule has 3 aromatic rings. The first-order chi connectivity index (χ1) is 16.5. The molecule has 0 atom stereocenters. The molecule has 0 radical (unpaired) electrons. The number of nitrogens with zero attached hydrogens (tertiary/aromatic N) is 2. The number of amides is 2. The fourth-order valence-electron chi connectivity index (χ4n) is 3.15. The number of aromatic nitrogens is 1. The number of ketones is 1. The van der Waals surface area contributed by atoms with Crippen molar-refractivity contribution >= 4 is 34.9 Å². The third-order valence-corrected chi connectivity index (χ3v) is 5.35. The lowest BCUT2D eigenvalue weighted by Gasteiger charge is -2.23. The number of hydrogen-bond acceptors (Lipinski definition) is 4. The van der Waals surface area contributed by atoms with Crippen LogP contribution in [0, 0.1) is 5.82 Å². The zero-order chi connectivity index (χ0) is 25.8. The summed E-state index contributed by atoms with van der Waals surface area (Å²) < 4.78 is 51.7. The van der Waals surface area contributed by atoms with Crippen LogP contribution in [0.1, 0.15) is 32.0 Å². The zero-order valence-corrected chi connectivity index (χ0v) is 19.0. The van der Waals surface area contributed by atoms with Gasteiger partial charge >= 0.3 is 6.18 Å². The molecule has 35 heavy (non-hydrogen) atoms. The molecule has 182 valence electrons. The van der Waals surface area contributed by atoms with E-state index in [0.717, 1.165) is 35.2 Å². The van der Waals surface area contributed by atoms with Crippen LogP contribution in [0.5, 0.6) is 0 Å². The Kier molecular flexibility index (Phi) is 7.85. The van der Waals surface area contributed by atoms with Gasteiger partial charge in [-0.05, 0) is 54.6 Å². The number of benzene rings is 2. The Hall–Kier alpha value is -3.79. The van der Waals surface area contributed by atoms with Gasteiger partial charge in [-0.1, -0.05) is 11.6 Å². The molecule has 0 unspecified atom stereocenters. The molecular weight excluding hydrogens is 490 g/mol. The summed E-state index contributed by atoms with van der Waals surface area (Å²) in [4.78, 5) is 43.0. The van der Waals surface area contributed by atoms with Gasteiger partial charge in [0.05, 0.1) is 16.1 Å². The van der Waals surface area contributed by atoms with Gasteiger partial charge in [-0.2, -0.15) is 13.2 Å². The van der Waals surface area contributed by atoms with Crippen LogP contribution in [-0.4, -0.2) is 36.2 Å². The lowest BCUT2D eigenvalue weighted by atomic mass is 10.1. The molecule has 0 saturated heterocycles. The molecule has 1 N–H and O–H groups in total. The third kappa shape index (κ3) is 6.21. The first kappa shape index (κ1) is 25.8. The molecular formula is C24H18ClF4N3O3. The lowest BCUT2D eigenvalue weighted by molar-refractivity contribution is -0.137. The predicted molar refractivity (Wildman–Crippen MR) is 121 cm³/mol. The van der Waals surface area contributed by atoms with Crippen LogP contribution in [0.15, 0.2) is 60.8 Å². The van der Waals surface area contributed by atoms with E-state index in [1.807, 2.05) is 0 Å². The molecule has 0 aliphatic carbocycles. The minimum absolute atomic E-state index is 0.00148. The van der Waals surface area contributed by atoms with Crippen molar-refractivity contribution in [2.75, 3.05) is 18.5 Å². The van der Waals surface area contributed by atoms with Gasteiger partial charge < -0.3 is 10.2 Å². The van der Waals surface area contributed by atoms with Gasteiger partial charge in [-0.3, -0.25) is 19.4 Å². The first-order valence-electron chi connectivity index (χ1n) is 10.2. The van der Waals surface area contributed by atoms with Crippen molar-refractivity contribution in [3.8, 4) is 0 Å². The van der Waals surface area contributed by atoms with Crippen LogP contribution >= 0.6 is 11.6 Å². The fraction of sp³-hybridized carbons (Fsp3) is 0.167. The van der Waals surface area contributed by atoms with Crippen molar-refractivity contribution < 1.29 is 31.9 Å². The Bertz CT molecular complexity index is 1250. The monoisotopic (exact) mass is 507 g/mol. The summed E-state index contributed by atoms with van der Waals surface area (Å²) in [6.45, 7) is -0.154. The quantitative estimate of drug-likeness (QED) is 0.285. The zero-order valence-electron chi connectivity index (χ0n) is 18.2. The Morgan fingerprint density at radius 1 is 1.03 bits per heavy atom. The second kappa shape index (κ2) is 10.6. The average Bonchev–Trinajstić information content (AvgIpc) is 2.84. The minimum atomic E-state index is -4.55. The summed E-state index contributed by atoms with van der Waals surface area (Å²) in [6, 6.07) is 10.5. The minimum Gasteiger partial charge on any atom is -0.355 e. The van der Waals surface area contributed by atoms with Crippen LogP contribution in [0.4, 0.5) is 23.2 Å². The number of hydrogen-bond donors (Lipinski definition) is 1. The van der Waals surface area contributed by atoms with Crippen molar-refractivity contribution in [3.05, 3.63) is 94.0 Å². The predicted octanol–water partition coefficient (Wildman–Crippen LogP) is 4.71. The molecule has 11 heteroatoms. The van der Waals surface area contributed by atoms with E-state index in [4.69, 9.17) is 11.6 Å². The number of nitrogens with one attached hydrogen (secondary N) is 1. The summed E-state index contributed by atoms with van der Waals surface area (Å²) in [5.74, 6) is -3.05. The van der Waals surface area contributed by atoms with E-state index >= 15 is 0 Å². The van der Waals surface area contributed by atoms with Crippen molar-refractivity contribution in [2.24, 2.45) is 0 Å². The second-order valence-electron chi connectivity index (χ2n) is 7.32. The maximum absolute atomic E-state index is 13.2. The van der Waals surface area contributed by atoms with Crippen LogP contribution in [0.3, 0.4) is 0 Å². The lowest BCUT2D eigenvalue weighted by Crippen LogP contribution is -2.38. The summed E-state index contributed by atoms with van der Waals surface area (Å²) in [7, 11) is 1.39. The van der Waals surface area contributed by atoms with E-state index in [1.54, 1.807) is 0 Å². The smallest absolute Gasteiger partial charge is 0.355 e. The maximum atomic E-state index is 13.2. The number of halogens is 5. The van der Waals surface area contributed by atoms with Crippen molar-refractivity contribution in [1.82, 2.24) is 10.3 Å². The van der Waals surface area contributed by atoms with E-state index in [-0.39, 0.29) is 40.5 Å². The number of carbonyl (C=O) groups is 3. The second-order valence-corrected chi connectivity index (χ2v) is 7.73. The number of anilines is 1. The molecule has 0 fully saturated rings. The summed E-state index contributed by atoms with van der Waals surface area (Å²) in [5.41, 5.74) is -0.541. The molecule has 0 aliphatic rings. The number of alkyl halides is 3. The molecule has 2 aromatic carbocycles. The van der Waals surface area contributed by atoms with Gasteiger partial charge in [0.25, 0.3) is 17.6 Å². The molecule has 0 bridgehead atoms. The van der Waals surface area contributed by atoms with E-state index in [2.05, 4.69) is 10.3 Å². The summed E-state index contributed by atoms with van der Waals surface area (Å²) in [6.07, 6.45) is -3.87. The number of Topliss-reactive ketones (excluding diaryl/α,β-unsaturated/α-hetero) is 1. The molecule has 3 rings (SSSR count). The fourth-order valence-corrected chi connectivity index (χ4v) is 3.35. The standard InChI is InChI=1S/C24H18ClF4N3O3/c1-30-22(34)19-12-18(8-9-20(19)25)32(23(35)21(33)14-2-5-16(26)6-3-14)11-10-17-7-4-15(13-31-17)24(27,28)29/h2-9,12-13H,10-11H2,1H3,(H,30,34). The van der Waals surface area contributed by atoms with Gasteiger partial charge in [0.1, 0.15) is 5.82 Å². The third-order valence-electron chi connectivity index (χ3n) is 5.02. The van der Waals surface area contributed by atoms with Crippen LogP contribution < -0.4 is 10.2 Å². The van der Waals surface area contributed by atoms with Crippen molar-refractivity contribution in [2.45, 2.75) is 12.6 Å². The van der Waals surface area contributed by atoms with Gasteiger partial charge in [-0.15, -0.1) is 0 Å². The van der Waals surface area contributed by atoms with E-state index in [1.165, 1.54) is 31.3 Å². The maximum Gasteiger partial charge on any atom is 0.417 e. The highest BCUT2D eigenvalue weighted by Crippen LogP contribution is 2.29. The average molecular weight is 508 g/mol. The van der Waals surface area contributed by atoms with Crippen molar-refractivity contribution in [1.29, 1.82) is 0 Å². The largest absolute Gasteiger partial charge is 0.417 e. The van der Waals surface area contributed by atoms with Crippen LogP contribution in [-0.2, 0) is 17.4 Å². The molecule has 1 heterocycles. The first-order valence-corrected chi connectivity index (χ1v) is 10.5. The van der Waals surface area contributed by atoms with Gasteiger partial charge in [-0.25, -0.2) is 4.39 Å². The Morgan fingerprint density at radius 2 is 1.71 bits per heavy atom. The van der Waals surface area contributed by atoms with Gasteiger partial charge in [0.15, 0.2) is 0 Å². The Labute approximate surface area is 202 Å². The molecule has 2 amide bonds. The Morgan fingerprint density at radius 3 is 2.29 bits per heavy atom. The highest BCUT2D eigenvalue weighted by molar-refractivity contribution is 6.47. The topological polar surface area (TPSA) is 79.4 Å². The summed E-state index contributed by atoms with van der Waals surface area (Å²) >= 11 is 6.08. The molecule has 0 spiro atoms. The highest BCUT2D eigenvalue weighted by atomic mass is 35.5. The normalized spacial score (nSPS) is 11.1. The van der Waals surface area contributed by atoms with Gasteiger partial charge in [0, 0.05) is 43.2 Å². The molecule has 6 nitrogen and oxygen atoms in total. The van der Waals surface area contributed by atoms with E-state index in [0.29, 0.717) is 6.20 Å². The number of rotatable bonds is 7. The van der Waals surface area contributed by atoms with E-state index < -0.39 is 35.2 Å². The van der Waals surface area contributed by atoms with Crippen LogP contribution in [0.25, 0.3) is 0 Å². The van der Waals surface area contributed by atoms with E-state index in [9.17, 15) is 31.9 Å². The van der Waals surface area contributed by atoms with Crippen LogP contribution in [0.2, 0.25) is 5.02 Å². The highest BCUT2D eigenvalue weighted by Gasteiger charge is 2.31.